The van der Waals surface area contributed by atoms with Gasteiger partial charge in [-0.1, -0.05) is 30.3 Å². The number of H-pyrrole nitrogens is 1. The van der Waals surface area contributed by atoms with Gasteiger partial charge < -0.3 is 10.8 Å². The number of rotatable bonds is 3. The van der Waals surface area contributed by atoms with E-state index in [9.17, 15) is 4.79 Å². The number of nitrogens with two attached hydrogens (primary N) is 1. The van der Waals surface area contributed by atoms with Crippen LogP contribution in [0.4, 0.5) is 5.82 Å². The fraction of sp³-hybridized carbons (Fsp3) is 0.0909. The van der Waals surface area contributed by atoms with Crippen molar-refractivity contribution in [3.8, 4) is 11.3 Å². The fourth-order valence-electron chi connectivity index (χ4n) is 1.55. The van der Waals surface area contributed by atoms with Crippen LogP contribution in [-0.2, 0) is 11.2 Å². The Bertz CT molecular complexity index is 505. The third kappa shape index (κ3) is 1.88. The van der Waals surface area contributed by atoms with Gasteiger partial charge in [0, 0.05) is 5.56 Å². The number of nitrogens with zero attached hydrogens (tertiary/aromatic N) is 1. The molecule has 0 saturated heterocycles. The van der Waals surface area contributed by atoms with E-state index < -0.39 is 5.97 Å². The fourth-order valence-corrected chi connectivity index (χ4v) is 1.55. The number of anilines is 1. The molecule has 2 rings (SSSR count). The van der Waals surface area contributed by atoms with Crippen LogP contribution in [0.1, 0.15) is 5.56 Å². The summed E-state index contributed by atoms with van der Waals surface area (Å²) in [6, 6.07) is 9.38. The summed E-state index contributed by atoms with van der Waals surface area (Å²) >= 11 is 0. The standard InChI is InChI=1S/C11H11N3O2/c12-11-8(6-9(15)16)10(13-14-11)7-4-2-1-3-5-7/h1-5H,6H2,(H,15,16)(H3,12,13,14). The number of nitrogen functional groups attached to an aromatic ring is 1. The molecule has 5 nitrogen and oxygen atoms in total. The van der Waals surface area contributed by atoms with Crippen LogP contribution in [0.2, 0.25) is 0 Å². The Morgan fingerprint density at radius 3 is 2.69 bits per heavy atom. The molecule has 0 aliphatic rings. The van der Waals surface area contributed by atoms with Crippen molar-refractivity contribution in [2.24, 2.45) is 0 Å². The van der Waals surface area contributed by atoms with E-state index in [1.807, 2.05) is 30.3 Å². The summed E-state index contributed by atoms with van der Waals surface area (Å²) in [5.41, 5.74) is 7.69. The first-order chi connectivity index (χ1) is 7.68. The molecule has 5 heteroatoms. The lowest BCUT2D eigenvalue weighted by atomic mass is 10.1. The number of hydrogen-bond donors (Lipinski definition) is 3. The van der Waals surface area contributed by atoms with E-state index in [1.54, 1.807) is 0 Å². The summed E-state index contributed by atoms with van der Waals surface area (Å²) in [6.45, 7) is 0. The topological polar surface area (TPSA) is 92.0 Å². The molecule has 0 spiro atoms. The predicted octanol–water partition coefficient (Wildman–Crippen LogP) is 1.29. The molecule has 0 atom stereocenters. The molecular formula is C11H11N3O2. The average Bonchev–Trinajstić information content (AvgIpc) is 2.61. The molecule has 4 N–H and O–H groups in total. The van der Waals surface area contributed by atoms with Gasteiger partial charge in [0.1, 0.15) is 5.82 Å². The molecule has 2 aromatic rings. The number of nitrogens with one attached hydrogen (secondary N) is 1. The van der Waals surface area contributed by atoms with E-state index in [-0.39, 0.29) is 12.2 Å². The van der Waals surface area contributed by atoms with Gasteiger partial charge in [-0.05, 0) is 5.56 Å². The highest BCUT2D eigenvalue weighted by molar-refractivity contribution is 5.78. The highest BCUT2D eigenvalue weighted by atomic mass is 16.4. The Morgan fingerprint density at radius 1 is 1.38 bits per heavy atom. The van der Waals surface area contributed by atoms with E-state index in [0.717, 1.165) is 5.56 Å². The van der Waals surface area contributed by atoms with Crippen LogP contribution >= 0.6 is 0 Å². The molecule has 0 saturated carbocycles. The number of aromatic nitrogens is 2. The van der Waals surface area contributed by atoms with Crippen LogP contribution in [0.25, 0.3) is 11.3 Å². The number of hydrogen-bond acceptors (Lipinski definition) is 3. The number of aliphatic carboxylic acids is 1. The second-order valence-electron chi connectivity index (χ2n) is 3.40. The Kier molecular flexibility index (Phi) is 2.59. The smallest absolute Gasteiger partial charge is 0.308 e. The third-order valence-corrected chi connectivity index (χ3v) is 2.29. The maximum atomic E-state index is 10.7. The van der Waals surface area contributed by atoms with Crippen LogP contribution in [0.3, 0.4) is 0 Å². The lowest BCUT2D eigenvalue weighted by Gasteiger charge is -2.01. The van der Waals surface area contributed by atoms with Crippen molar-refractivity contribution < 1.29 is 9.90 Å². The Balaban J connectivity index is 2.46. The minimum absolute atomic E-state index is 0.132. The summed E-state index contributed by atoms with van der Waals surface area (Å²) in [7, 11) is 0. The summed E-state index contributed by atoms with van der Waals surface area (Å²) in [6.07, 6.45) is -0.132. The largest absolute Gasteiger partial charge is 0.481 e. The lowest BCUT2D eigenvalue weighted by Crippen LogP contribution is -2.03. The van der Waals surface area contributed by atoms with Crippen LogP contribution in [-0.4, -0.2) is 21.3 Å². The molecule has 1 aromatic heterocycles. The molecule has 0 fully saturated rings. The van der Waals surface area contributed by atoms with Crippen LogP contribution in [0.5, 0.6) is 0 Å². The zero-order chi connectivity index (χ0) is 11.5. The van der Waals surface area contributed by atoms with Crippen molar-refractivity contribution in [2.45, 2.75) is 6.42 Å². The van der Waals surface area contributed by atoms with Gasteiger partial charge >= 0.3 is 5.97 Å². The van der Waals surface area contributed by atoms with Crippen molar-refractivity contribution >= 4 is 11.8 Å². The SMILES string of the molecule is Nc1n[nH]c(-c2ccccc2)c1CC(=O)O. The first-order valence-corrected chi connectivity index (χ1v) is 4.78. The van der Waals surface area contributed by atoms with Crippen molar-refractivity contribution in [3.05, 3.63) is 35.9 Å². The lowest BCUT2D eigenvalue weighted by molar-refractivity contribution is -0.136. The summed E-state index contributed by atoms with van der Waals surface area (Å²) in [5, 5.41) is 15.4. The molecule has 0 bridgehead atoms. The van der Waals surface area contributed by atoms with E-state index in [0.29, 0.717) is 11.3 Å². The summed E-state index contributed by atoms with van der Waals surface area (Å²) < 4.78 is 0. The maximum Gasteiger partial charge on any atom is 0.308 e. The van der Waals surface area contributed by atoms with E-state index in [2.05, 4.69) is 10.2 Å². The van der Waals surface area contributed by atoms with Gasteiger partial charge in [-0.15, -0.1) is 0 Å². The zero-order valence-corrected chi connectivity index (χ0v) is 8.47. The van der Waals surface area contributed by atoms with Gasteiger partial charge in [0.15, 0.2) is 0 Å². The molecule has 82 valence electrons. The maximum absolute atomic E-state index is 10.7. The second kappa shape index (κ2) is 4.06. The number of carbonyl (C=O) groups is 1. The first kappa shape index (κ1) is 10.2. The molecule has 1 aromatic carbocycles. The van der Waals surface area contributed by atoms with Gasteiger partial charge in [-0.25, -0.2) is 0 Å². The number of aromatic amines is 1. The van der Waals surface area contributed by atoms with E-state index >= 15 is 0 Å². The van der Waals surface area contributed by atoms with Gasteiger partial charge in [0.25, 0.3) is 0 Å². The second-order valence-corrected chi connectivity index (χ2v) is 3.40. The van der Waals surface area contributed by atoms with Crippen molar-refractivity contribution in [2.75, 3.05) is 5.73 Å². The van der Waals surface area contributed by atoms with E-state index in [4.69, 9.17) is 10.8 Å². The Morgan fingerprint density at radius 2 is 2.06 bits per heavy atom. The third-order valence-electron chi connectivity index (χ3n) is 2.29. The minimum Gasteiger partial charge on any atom is -0.481 e. The molecule has 0 amide bonds. The molecule has 0 aliphatic heterocycles. The molecule has 0 radical (unpaired) electrons. The van der Waals surface area contributed by atoms with Crippen molar-refractivity contribution in [1.82, 2.24) is 10.2 Å². The van der Waals surface area contributed by atoms with Crippen molar-refractivity contribution in [1.29, 1.82) is 0 Å². The summed E-state index contributed by atoms with van der Waals surface area (Å²) in [4.78, 5) is 10.7. The quantitative estimate of drug-likeness (QED) is 0.722. The molecule has 1 heterocycles. The van der Waals surface area contributed by atoms with Gasteiger partial charge in [-0.3, -0.25) is 9.89 Å². The Labute approximate surface area is 91.9 Å². The van der Waals surface area contributed by atoms with Crippen LogP contribution in [0, 0.1) is 0 Å². The predicted molar refractivity (Wildman–Crippen MR) is 59.8 cm³/mol. The molecule has 0 aliphatic carbocycles. The van der Waals surface area contributed by atoms with Gasteiger partial charge in [-0.2, -0.15) is 5.10 Å². The van der Waals surface area contributed by atoms with Gasteiger partial charge in [0.2, 0.25) is 0 Å². The number of benzene rings is 1. The number of carboxylic acids is 1. The first-order valence-electron chi connectivity index (χ1n) is 4.78. The molecule has 16 heavy (non-hydrogen) atoms. The molecule has 0 unspecified atom stereocenters. The van der Waals surface area contributed by atoms with Crippen LogP contribution < -0.4 is 5.73 Å². The highest BCUT2D eigenvalue weighted by Crippen LogP contribution is 2.25. The number of carboxylic acid groups (broad SMARTS) is 1. The monoisotopic (exact) mass is 217 g/mol. The Hall–Kier alpha value is -2.30. The average molecular weight is 217 g/mol. The molecular weight excluding hydrogens is 206 g/mol. The van der Waals surface area contributed by atoms with E-state index in [1.165, 1.54) is 0 Å². The van der Waals surface area contributed by atoms with Crippen LogP contribution in [0.15, 0.2) is 30.3 Å². The van der Waals surface area contributed by atoms with Crippen molar-refractivity contribution in [3.63, 3.8) is 0 Å². The van der Waals surface area contributed by atoms with Gasteiger partial charge in [0.05, 0.1) is 12.1 Å². The normalized spacial score (nSPS) is 10.2. The highest BCUT2D eigenvalue weighted by Gasteiger charge is 2.14. The minimum atomic E-state index is -0.926. The summed E-state index contributed by atoms with van der Waals surface area (Å²) in [5.74, 6) is -0.688. The zero-order valence-electron chi connectivity index (χ0n) is 8.47.